The Balaban J connectivity index is 2.61. The van der Waals surface area contributed by atoms with Gasteiger partial charge >= 0.3 is 0 Å². The van der Waals surface area contributed by atoms with Gasteiger partial charge in [0, 0.05) is 12.1 Å². The van der Waals surface area contributed by atoms with Gasteiger partial charge in [0.05, 0.1) is 11.1 Å². The zero-order valence-corrected chi connectivity index (χ0v) is 14.8. The van der Waals surface area contributed by atoms with Crippen LogP contribution in [0.5, 0.6) is 5.75 Å². The highest BCUT2D eigenvalue weighted by atomic mass is 79.9. The van der Waals surface area contributed by atoms with Gasteiger partial charge in [0.2, 0.25) is 0 Å². The molecule has 0 fully saturated rings. The fourth-order valence-electron chi connectivity index (χ4n) is 1.54. The lowest BCUT2D eigenvalue weighted by molar-refractivity contribution is 0.0976. The number of hydrogen-bond donors (Lipinski definition) is 2. The van der Waals surface area contributed by atoms with Crippen molar-refractivity contribution < 1.29 is 9.53 Å². The lowest BCUT2D eigenvalue weighted by Gasteiger charge is -2.11. The van der Waals surface area contributed by atoms with Crippen LogP contribution >= 0.6 is 28.1 Å². The molecule has 0 aromatic heterocycles. The molecule has 1 aromatic carbocycles. The minimum absolute atomic E-state index is 0.232. The van der Waals surface area contributed by atoms with Crippen molar-refractivity contribution in [2.24, 2.45) is 0 Å². The molecule has 0 atom stereocenters. The number of halogens is 1. The van der Waals surface area contributed by atoms with Gasteiger partial charge in [-0.2, -0.15) is 0 Å². The molecule has 2 N–H and O–H groups in total. The number of benzene rings is 1. The molecule has 21 heavy (non-hydrogen) atoms. The maximum Gasteiger partial charge on any atom is 0.257 e. The second-order valence-electron chi connectivity index (χ2n) is 4.56. The van der Waals surface area contributed by atoms with Crippen LogP contribution in [0, 0.1) is 0 Å². The van der Waals surface area contributed by atoms with Crippen molar-refractivity contribution in [2.75, 3.05) is 13.2 Å². The van der Waals surface area contributed by atoms with Crippen LogP contribution in [0.2, 0.25) is 0 Å². The molecular weight excluding hydrogens is 352 g/mol. The molecule has 0 aliphatic rings. The summed E-state index contributed by atoms with van der Waals surface area (Å²) in [5.74, 6) is 0.510. The lowest BCUT2D eigenvalue weighted by atomic mass is 10.2. The highest BCUT2D eigenvalue weighted by Crippen LogP contribution is 2.26. The van der Waals surface area contributed by atoms with Gasteiger partial charge < -0.3 is 10.1 Å². The summed E-state index contributed by atoms with van der Waals surface area (Å²) in [6, 6.07) is 5.25. The molecule has 0 radical (unpaired) electrons. The molecule has 0 bridgehead atoms. The minimum Gasteiger partial charge on any atom is -0.492 e. The normalized spacial score (nSPS) is 10.0. The van der Waals surface area contributed by atoms with E-state index in [9.17, 15) is 4.79 Å². The van der Waals surface area contributed by atoms with Crippen LogP contribution in [0.4, 0.5) is 0 Å². The molecule has 0 unspecified atom stereocenters. The number of ether oxygens (including phenoxy) is 1. The third-order valence-electron chi connectivity index (χ3n) is 2.71. The summed E-state index contributed by atoms with van der Waals surface area (Å²) in [7, 11) is 0. The summed E-state index contributed by atoms with van der Waals surface area (Å²) < 4.78 is 6.39. The average molecular weight is 373 g/mol. The molecule has 4 nitrogen and oxygen atoms in total. The number of unbranched alkanes of at least 4 members (excludes halogenated alkanes) is 1. The fraction of sp³-hybridized carbons (Fsp3) is 0.467. The van der Waals surface area contributed by atoms with Crippen LogP contribution in [0.15, 0.2) is 22.7 Å². The first-order valence-corrected chi connectivity index (χ1v) is 8.30. The Bertz CT molecular complexity index is 495. The zero-order chi connectivity index (χ0) is 15.7. The molecule has 0 saturated carbocycles. The van der Waals surface area contributed by atoms with Crippen LogP contribution in [0.3, 0.4) is 0 Å². The third kappa shape index (κ3) is 6.44. The number of thiocarbonyl (C=S) groups is 1. The average Bonchev–Trinajstić information content (AvgIpc) is 2.46. The molecule has 1 amide bonds. The Morgan fingerprint density at radius 1 is 1.33 bits per heavy atom. The van der Waals surface area contributed by atoms with Gasteiger partial charge in [-0.05, 0) is 59.2 Å². The summed E-state index contributed by atoms with van der Waals surface area (Å²) >= 11 is 8.47. The van der Waals surface area contributed by atoms with Crippen molar-refractivity contribution in [1.82, 2.24) is 10.6 Å². The Labute approximate surface area is 139 Å². The first-order chi connectivity index (χ1) is 10.1. The number of nitrogens with one attached hydrogen (secondary N) is 2. The first-order valence-electron chi connectivity index (χ1n) is 7.10. The highest BCUT2D eigenvalue weighted by Gasteiger charge is 2.10. The molecule has 1 rings (SSSR count). The molecule has 6 heteroatoms. The fourth-order valence-corrected chi connectivity index (χ4v) is 2.23. The van der Waals surface area contributed by atoms with Crippen molar-refractivity contribution in [3.8, 4) is 5.75 Å². The largest absolute Gasteiger partial charge is 0.492 e. The minimum atomic E-state index is -0.232. The molecule has 0 saturated heterocycles. The highest BCUT2D eigenvalue weighted by molar-refractivity contribution is 9.10. The predicted octanol–water partition coefficient (Wildman–Crippen LogP) is 3.64. The van der Waals surface area contributed by atoms with Gasteiger partial charge in [-0.3, -0.25) is 10.1 Å². The summed E-state index contributed by atoms with van der Waals surface area (Å²) in [6.45, 7) is 5.56. The Morgan fingerprint density at radius 3 is 2.71 bits per heavy atom. The summed E-state index contributed by atoms with van der Waals surface area (Å²) in [4.78, 5) is 12.0. The molecular formula is C15H21BrN2O2S. The van der Waals surface area contributed by atoms with Gasteiger partial charge in [0.25, 0.3) is 5.91 Å². The topological polar surface area (TPSA) is 50.4 Å². The van der Waals surface area contributed by atoms with E-state index in [1.807, 2.05) is 6.92 Å². The second-order valence-corrected chi connectivity index (χ2v) is 5.82. The molecule has 0 spiro atoms. The SMILES string of the molecule is CCCCOc1ccc(C(=O)NC(=S)NCCC)cc1Br. The van der Waals surface area contributed by atoms with E-state index in [-0.39, 0.29) is 5.91 Å². The monoisotopic (exact) mass is 372 g/mol. The summed E-state index contributed by atoms with van der Waals surface area (Å²) in [6.07, 6.45) is 3.04. The quantitative estimate of drug-likeness (QED) is 0.566. The molecule has 0 aliphatic heterocycles. The standard InChI is InChI=1S/C15H21BrN2O2S/c1-3-5-9-20-13-7-6-11(10-12(13)16)14(19)18-15(21)17-8-4-2/h6-7,10H,3-5,8-9H2,1-2H3,(H2,17,18,19,21). The van der Waals surface area contributed by atoms with E-state index in [0.29, 0.717) is 17.3 Å². The van der Waals surface area contributed by atoms with Gasteiger partial charge in [-0.1, -0.05) is 20.3 Å². The molecule has 0 heterocycles. The number of amides is 1. The van der Waals surface area contributed by atoms with E-state index in [2.05, 4.69) is 33.5 Å². The molecule has 0 aliphatic carbocycles. The van der Waals surface area contributed by atoms with Crippen molar-refractivity contribution in [2.45, 2.75) is 33.1 Å². The third-order valence-corrected chi connectivity index (χ3v) is 3.58. The van der Waals surface area contributed by atoms with E-state index in [1.165, 1.54) is 0 Å². The Morgan fingerprint density at radius 2 is 2.10 bits per heavy atom. The van der Waals surface area contributed by atoms with Crippen molar-refractivity contribution in [3.05, 3.63) is 28.2 Å². The van der Waals surface area contributed by atoms with E-state index >= 15 is 0 Å². The van der Waals surface area contributed by atoms with Crippen LogP contribution < -0.4 is 15.4 Å². The lowest BCUT2D eigenvalue weighted by Crippen LogP contribution is -2.39. The maximum atomic E-state index is 12.0. The first kappa shape index (κ1) is 17.9. The van der Waals surface area contributed by atoms with E-state index in [0.717, 1.165) is 36.0 Å². The van der Waals surface area contributed by atoms with E-state index < -0.39 is 0 Å². The number of carbonyl (C=O) groups excluding carboxylic acids is 1. The van der Waals surface area contributed by atoms with Crippen LogP contribution in [0.25, 0.3) is 0 Å². The zero-order valence-electron chi connectivity index (χ0n) is 12.4. The van der Waals surface area contributed by atoms with Crippen LogP contribution in [-0.2, 0) is 0 Å². The second kappa shape index (κ2) is 9.73. The molecule has 1 aromatic rings. The summed E-state index contributed by atoms with van der Waals surface area (Å²) in [5.41, 5.74) is 0.533. The van der Waals surface area contributed by atoms with Gasteiger partial charge in [-0.15, -0.1) is 0 Å². The van der Waals surface area contributed by atoms with Gasteiger partial charge in [0.1, 0.15) is 5.75 Å². The van der Waals surface area contributed by atoms with Crippen molar-refractivity contribution in [3.63, 3.8) is 0 Å². The smallest absolute Gasteiger partial charge is 0.257 e. The van der Waals surface area contributed by atoms with Gasteiger partial charge in [-0.25, -0.2) is 0 Å². The Kier molecular flexibility index (Phi) is 8.30. The van der Waals surface area contributed by atoms with Crippen molar-refractivity contribution in [1.29, 1.82) is 0 Å². The maximum absolute atomic E-state index is 12.0. The molecule has 116 valence electrons. The number of rotatable bonds is 7. The van der Waals surface area contributed by atoms with Gasteiger partial charge in [0.15, 0.2) is 5.11 Å². The predicted molar refractivity (Wildman–Crippen MR) is 92.9 cm³/mol. The van der Waals surface area contributed by atoms with Crippen LogP contribution in [0.1, 0.15) is 43.5 Å². The Hall–Kier alpha value is -1.14. The number of hydrogen-bond acceptors (Lipinski definition) is 3. The van der Waals surface area contributed by atoms with E-state index in [1.54, 1.807) is 18.2 Å². The summed E-state index contributed by atoms with van der Waals surface area (Å²) in [5, 5.41) is 5.95. The van der Waals surface area contributed by atoms with Crippen LogP contribution in [-0.4, -0.2) is 24.2 Å². The van der Waals surface area contributed by atoms with E-state index in [4.69, 9.17) is 17.0 Å². The number of carbonyl (C=O) groups is 1. The van der Waals surface area contributed by atoms with Crippen molar-refractivity contribution >= 4 is 39.2 Å².